The van der Waals surface area contributed by atoms with Crippen molar-refractivity contribution < 1.29 is 0 Å². The highest BCUT2D eigenvalue weighted by atomic mass is 15.2. The molecule has 0 heterocycles. The molecule has 1 aliphatic carbocycles. The number of hydrogen-bond donors (Lipinski definition) is 1. The predicted octanol–water partition coefficient (Wildman–Crippen LogP) is 1.92. The monoisotopic (exact) mass is 241 g/mol. The van der Waals surface area contributed by atoms with E-state index in [1.165, 1.54) is 38.6 Å². The van der Waals surface area contributed by atoms with Crippen LogP contribution in [0.1, 0.15) is 46.0 Å². The average molecular weight is 241 g/mol. The smallest absolute Gasteiger partial charge is 0.0329 e. The molecule has 1 fully saturated rings. The standard InChI is InChI=1S/C14H31N3/c1-4-17(5-2)12-11-16(3)14(13-15)9-7-6-8-10-14/h4-13,15H2,1-3H3. The molecule has 0 spiro atoms. The van der Waals surface area contributed by atoms with Crippen LogP contribution in [0.25, 0.3) is 0 Å². The first kappa shape index (κ1) is 14.9. The highest BCUT2D eigenvalue weighted by Crippen LogP contribution is 2.31. The summed E-state index contributed by atoms with van der Waals surface area (Å²) in [4.78, 5) is 5.02. The highest BCUT2D eigenvalue weighted by Gasteiger charge is 2.34. The Balaban J connectivity index is 2.45. The molecule has 3 heteroatoms. The molecular weight excluding hydrogens is 210 g/mol. The van der Waals surface area contributed by atoms with E-state index >= 15 is 0 Å². The normalized spacial score (nSPS) is 20.1. The summed E-state index contributed by atoms with van der Waals surface area (Å²) in [5.41, 5.74) is 6.35. The van der Waals surface area contributed by atoms with Crippen LogP contribution >= 0.6 is 0 Å². The van der Waals surface area contributed by atoms with Crippen molar-refractivity contribution in [2.24, 2.45) is 5.73 Å². The van der Waals surface area contributed by atoms with Crippen molar-refractivity contribution in [3.05, 3.63) is 0 Å². The van der Waals surface area contributed by atoms with Gasteiger partial charge in [0.15, 0.2) is 0 Å². The summed E-state index contributed by atoms with van der Waals surface area (Å²) < 4.78 is 0. The number of likely N-dealkylation sites (N-methyl/N-ethyl adjacent to an activating group) is 2. The minimum Gasteiger partial charge on any atom is -0.329 e. The predicted molar refractivity (Wildman–Crippen MR) is 75.3 cm³/mol. The first-order valence-electron chi connectivity index (χ1n) is 7.32. The summed E-state index contributed by atoms with van der Waals surface area (Å²) in [7, 11) is 2.27. The third kappa shape index (κ3) is 3.94. The van der Waals surface area contributed by atoms with Crippen LogP contribution in [0, 0.1) is 0 Å². The minimum absolute atomic E-state index is 0.297. The highest BCUT2D eigenvalue weighted by molar-refractivity contribution is 4.92. The largest absolute Gasteiger partial charge is 0.329 e. The van der Waals surface area contributed by atoms with Crippen molar-refractivity contribution in [3.63, 3.8) is 0 Å². The third-order valence-electron chi connectivity index (χ3n) is 4.62. The second-order valence-corrected chi connectivity index (χ2v) is 5.44. The molecule has 17 heavy (non-hydrogen) atoms. The minimum atomic E-state index is 0.297. The summed E-state index contributed by atoms with van der Waals surface area (Å²) >= 11 is 0. The molecule has 0 atom stereocenters. The average Bonchev–Trinajstić information content (AvgIpc) is 2.40. The lowest BCUT2D eigenvalue weighted by atomic mass is 9.80. The van der Waals surface area contributed by atoms with E-state index in [2.05, 4.69) is 30.7 Å². The molecule has 0 aromatic carbocycles. The van der Waals surface area contributed by atoms with Gasteiger partial charge in [0.2, 0.25) is 0 Å². The maximum atomic E-state index is 6.06. The Morgan fingerprint density at radius 1 is 1.00 bits per heavy atom. The zero-order valence-corrected chi connectivity index (χ0v) is 12.0. The Kier molecular flexibility index (Phi) is 6.45. The molecule has 0 aromatic rings. The van der Waals surface area contributed by atoms with Gasteiger partial charge in [-0.3, -0.25) is 4.90 Å². The zero-order valence-electron chi connectivity index (χ0n) is 12.0. The lowest BCUT2D eigenvalue weighted by Gasteiger charge is -2.44. The molecule has 3 nitrogen and oxygen atoms in total. The molecule has 0 radical (unpaired) electrons. The zero-order chi connectivity index (χ0) is 12.7. The maximum Gasteiger partial charge on any atom is 0.0329 e. The van der Waals surface area contributed by atoms with E-state index in [4.69, 9.17) is 5.73 Å². The van der Waals surface area contributed by atoms with Crippen molar-refractivity contribution in [2.45, 2.75) is 51.5 Å². The molecule has 0 aliphatic heterocycles. The quantitative estimate of drug-likeness (QED) is 0.739. The Morgan fingerprint density at radius 3 is 2.06 bits per heavy atom. The van der Waals surface area contributed by atoms with Crippen LogP contribution < -0.4 is 5.73 Å². The molecular formula is C14H31N3. The fourth-order valence-corrected chi connectivity index (χ4v) is 3.02. The summed E-state index contributed by atoms with van der Waals surface area (Å²) in [5.74, 6) is 0. The molecule has 1 saturated carbocycles. The molecule has 0 saturated heterocycles. The van der Waals surface area contributed by atoms with Crippen LogP contribution in [0.15, 0.2) is 0 Å². The van der Waals surface area contributed by atoms with Gasteiger partial charge in [0.25, 0.3) is 0 Å². The van der Waals surface area contributed by atoms with E-state index in [0.29, 0.717) is 5.54 Å². The summed E-state index contributed by atoms with van der Waals surface area (Å²) in [5, 5.41) is 0. The fraction of sp³-hybridized carbons (Fsp3) is 1.00. The van der Waals surface area contributed by atoms with Gasteiger partial charge in [-0.25, -0.2) is 0 Å². The maximum absolute atomic E-state index is 6.06. The third-order valence-corrected chi connectivity index (χ3v) is 4.62. The number of nitrogens with zero attached hydrogens (tertiary/aromatic N) is 2. The number of rotatable bonds is 7. The Bertz CT molecular complexity index is 196. The van der Waals surface area contributed by atoms with Gasteiger partial charge in [-0.2, -0.15) is 0 Å². The van der Waals surface area contributed by atoms with Gasteiger partial charge >= 0.3 is 0 Å². The van der Waals surface area contributed by atoms with Gasteiger partial charge in [0, 0.05) is 25.2 Å². The molecule has 2 N–H and O–H groups in total. The van der Waals surface area contributed by atoms with Gasteiger partial charge < -0.3 is 10.6 Å². The Hall–Kier alpha value is -0.120. The van der Waals surface area contributed by atoms with E-state index < -0.39 is 0 Å². The molecule has 0 bridgehead atoms. The Labute approximate surface area is 107 Å². The Morgan fingerprint density at radius 2 is 1.59 bits per heavy atom. The SMILES string of the molecule is CCN(CC)CCN(C)C1(CN)CCCCC1. The molecule has 0 aromatic heterocycles. The van der Waals surface area contributed by atoms with Crippen molar-refractivity contribution >= 4 is 0 Å². The van der Waals surface area contributed by atoms with Crippen molar-refractivity contribution in [1.29, 1.82) is 0 Å². The van der Waals surface area contributed by atoms with Gasteiger partial charge in [-0.05, 0) is 33.0 Å². The van der Waals surface area contributed by atoms with Crippen LogP contribution in [0.4, 0.5) is 0 Å². The fourth-order valence-electron chi connectivity index (χ4n) is 3.02. The van der Waals surface area contributed by atoms with Crippen molar-refractivity contribution in [2.75, 3.05) is 39.8 Å². The molecule has 0 amide bonds. The summed E-state index contributed by atoms with van der Waals surface area (Å²) in [6.45, 7) is 9.93. The number of hydrogen-bond acceptors (Lipinski definition) is 3. The molecule has 102 valence electrons. The van der Waals surface area contributed by atoms with Crippen molar-refractivity contribution in [3.8, 4) is 0 Å². The second kappa shape index (κ2) is 7.34. The van der Waals surface area contributed by atoms with Crippen LogP contribution in [0.5, 0.6) is 0 Å². The van der Waals surface area contributed by atoms with Gasteiger partial charge in [-0.1, -0.05) is 33.1 Å². The van der Waals surface area contributed by atoms with E-state index in [-0.39, 0.29) is 0 Å². The molecule has 0 unspecified atom stereocenters. The van der Waals surface area contributed by atoms with Crippen molar-refractivity contribution in [1.82, 2.24) is 9.80 Å². The van der Waals surface area contributed by atoms with Crippen LogP contribution in [0.3, 0.4) is 0 Å². The summed E-state index contributed by atoms with van der Waals surface area (Å²) in [6, 6.07) is 0. The number of nitrogens with two attached hydrogens (primary N) is 1. The van der Waals surface area contributed by atoms with Crippen LogP contribution in [-0.2, 0) is 0 Å². The topological polar surface area (TPSA) is 32.5 Å². The molecule has 1 aliphatic rings. The van der Waals surface area contributed by atoms with Gasteiger partial charge in [0.05, 0.1) is 0 Å². The van der Waals surface area contributed by atoms with E-state index in [0.717, 1.165) is 26.2 Å². The van der Waals surface area contributed by atoms with E-state index in [1.807, 2.05) is 0 Å². The van der Waals surface area contributed by atoms with Crippen LogP contribution in [0.2, 0.25) is 0 Å². The lowest BCUT2D eigenvalue weighted by molar-refractivity contribution is 0.0725. The van der Waals surface area contributed by atoms with E-state index in [9.17, 15) is 0 Å². The first-order valence-corrected chi connectivity index (χ1v) is 7.32. The van der Waals surface area contributed by atoms with Gasteiger partial charge in [-0.15, -0.1) is 0 Å². The molecule has 1 rings (SSSR count). The lowest BCUT2D eigenvalue weighted by Crippen LogP contribution is -2.54. The van der Waals surface area contributed by atoms with E-state index in [1.54, 1.807) is 0 Å². The van der Waals surface area contributed by atoms with Gasteiger partial charge in [0.1, 0.15) is 0 Å². The van der Waals surface area contributed by atoms with Crippen LogP contribution in [-0.4, -0.2) is 55.1 Å². The second-order valence-electron chi connectivity index (χ2n) is 5.44. The summed E-state index contributed by atoms with van der Waals surface area (Å²) in [6.07, 6.45) is 6.68. The first-order chi connectivity index (χ1) is 8.18.